The van der Waals surface area contributed by atoms with E-state index in [2.05, 4.69) is 6.07 Å². The largest absolute Gasteiger partial charge is 0.493 e. The second-order valence-corrected chi connectivity index (χ2v) is 6.66. The molecule has 1 aliphatic carbocycles. The third-order valence-corrected chi connectivity index (χ3v) is 5.45. The van der Waals surface area contributed by atoms with Crippen molar-refractivity contribution in [2.45, 2.75) is 25.4 Å². The average molecular weight is 325 g/mol. The zero-order chi connectivity index (χ0) is 15.0. The van der Waals surface area contributed by atoms with Crippen LogP contribution < -0.4 is 9.47 Å². The molecule has 3 rings (SSSR count). The summed E-state index contributed by atoms with van der Waals surface area (Å²) in [7, 11) is 3.13. The van der Waals surface area contributed by atoms with Gasteiger partial charge < -0.3 is 14.6 Å². The Hall–Kier alpha value is -1.23. The van der Waals surface area contributed by atoms with E-state index in [0.29, 0.717) is 22.1 Å². The number of hydrogen-bond acceptors (Lipinski definition) is 4. The van der Waals surface area contributed by atoms with E-state index < -0.39 is 6.10 Å². The first-order chi connectivity index (χ1) is 10.1. The molecule has 1 aliphatic rings. The van der Waals surface area contributed by atoms with Crippen molar-refractivity contribution in [3.8, 4) is 11.5 Å². The number of ether oxygens (including phenoxy) is 2. The number of rotatable bonds is 4. The molecule has 5 heteroatoms. The number of aryl methyl sites for hydroxylation is 2. The van der Waals surface area contributed by atoms with Crippen LogP contribution in [0.15, 0.2) is 18.2 Å². The lowest BCUT2D eigenvalue weighted by atomic mass is 10.1. The third-order valence-electron chi connectivity index (χ3n) is 3.83. The van der Waals surface area contributed by atoms with Crippen LogP contribution in [0.5, 0.6) is 11.5 Å². The lowest BCUT2D eigenvalue weighted by Gasteiger charge is -2.15. The van der Waals surface area contributed by atoms with Crippen LogP contribution in [0.1, 0.15) is 33.4 Å². The maximum Gasteiger partial charge on any atom is 0.162 e. The van der Waals surface area contributed by atoms with Gasteiger partial charge in [-0.3, -0.25) is 0 Å². The zero-order valence-corrected chi connectivity index (χ0v) is 13.6. The van der Waals surface area contributed by atoms with Gasteiger partial charge in [-0.2, -0.15) is 0 Å². The van der Waals surface area contributed by atoms with Crippen LogP contribution in [0, 0.1) is 0 Å². The fraction of sp³-hybridized carbons (Fsp3) is 0.375. The molecule has 112 valence electrons. The quantitative estimate of drug-likeness (QED) is 0.924. The molecule has 0 fully saturated rings. The molecule has 0 radical (unpaired) electrons. The van der Waals surface area contributed by atoms with Gasteiger partial charge >= 0.3 is 0 Å². The highest BCUT2D eigenvalue weighted by molar-refractivity contribution is 7.12. The summed E-state index contributed by atoms with van der Waals surface area (Å²) in [6.45, 7) is 0. The molecule has 0 saturated carbocycles. The van der Waals surface area contributed by atoms with E-state index >= 15 is 0 Å². The van der Waals surface area contributed by atoms with Gasteiger partial charge in [-0.25, -0.2) is 0 Å². The van der Waals surface area contributed by atoms with Crippen LogP contribution in [0.4, 0.5) is 0 Å². The summed E-state index contributed by atoms with van der Waals surface area (Å²) in [5, 5.41) is 11.1. The van der Waals surface area contributed by atoms with Crippen LogP contribution in [0.25, 0.3) is 0 Å². The zero-order valence-electron chi connectivity index (χ0n) is 12.0. The van der Waals surface area contributed by atoms with Crippen LogP contribution in [0.2, 0.25) is 5.02 Å². The maximum atomic E-state index is 10.6. The van der Waals surface area contributed by atoms with Crippen molar-refractivity contribution < 1.29 is 14.6 Å². The van der Waals surface area contributed by atoms with Crippen molar-refractivity contribution in [2.75, 3.05) is 14.2 Å². The minimum absolute atomic E-state index is 0.480. The summed E-state index contributed by atoms with van der Waals surface area (Å²) in [5.41, 5.74) is 2.01. The summed E-state index contributed by atoms with van der Waals surface area (Å²) in [6.07, 6.45) is 2.71. The molecule has 0 amide bonds. The van der Waals surface area contributed by atoms with E-state index in [1.54, 1.807) is 37.7 Å². The van der Waals surface area contributed by atoms with Crippen molar-refractivity contribution in [1.82, 2.24) is 0 Å². The predicted octanol–water partition coefficient (Wildman–Crippen LogP) is 3.99. The lowest BCUT2D eigenvalue weighted by molar-refractivity contribution is 0.223. The molecule has 1 unspecified atom stereocenters. The van der Waals surface area contributed by atoms with Gasteiger partial charge in [-0.1, -0.05) is 11.6 Å². The molecule has 0 aliphatic heterocycles. The first-order valence-corrected chi connectivity index (χ1v) is 8.04. The molecule has 0 saturated heterocycles. The van der Waals surface area contributed by atoms with E-state index in [0.717, 1.165) is 17.7 Å². The highest BCUT2D eigenvalue weighted by Crippen LogP contribution is 2.41. The average Bonchev–Trinajstić information content (AvgIpc) is 3.07. The van der Waals surface area contributed by atoms with Gasteiger partial charge in [0.1, 0.15) is 6.10 Å². The molecule has 1 atom stereocenters. The minimum Gasteiger partial charge on any atom is -0.493 e. The Morgan fingerprint density at radius 2 is 1.86 bits per heavy atom. The Morgan fingerprint density at radius 3 is 2.52 bits per heavy atom. The molecule has 2 aromatic rings. The SMILES string of the molecule is COc1cc(Cl)c(C(O)c2cc3c(s2)CCC3)cc1OC. The Bertz CT molecular complexity index is 644. The number of thiophene rings is 1. The molecule has 1 N–H and O–H groups in total. The third kappa shape index (κ3) is 2.63. The summed E-state index contributed by atoms with van der Waals surface area (Å²) < 4.78 is 10.5. The van der Waals surface area contributed by atoms with Crippen molar-refractivity contribution in [3.05, 3.63) is 44.1 Å². The fourth-order valence-corrected chi connectivity index (χ4v) is 4.24. The molecule has 21 heavy (non-hydrogen) atoms. The first-order valence-electron chi connectivity index (χ1n) is 6.85. The normalized spacial score (nSPS) is 14.9. The smallest absolute Gasteiger partial charge is 0.162 e. The Morgan fingerprint density at radius 1 is 1.14 bits per heavy atom. The molecular formula is C16H17ClO3S. The molecule has 1 aromatic heterocycles. The van der Waals surface area contributed by atoms with Crippen molar-refractivity contribution in [3.63, 3.8) is 0 Å². The van der Waals surface area contributed by atoms with Crippen molar-refractivity contribution in [1.29, 1.82) is 0 Å². The molecular weight excluding hydrogens is 308 g/mol. The minimum atomic E-state index is -0.729. The Kier molecular flexibility index (Phi) is 4.11. The van der Waals surface area contributed by atoms with Gasteiger partial charge in [0.2, 0.25) is 0 Å². The molecule has 0 spiro atoms. The number of methoxy groups -OCH3 is 2. The number of aliphatic hydroxyl groups is 1. The van der Waals surface area contributed by atoms with Crippen LogP contribution in [-0.2, 0) is 12.8 Å². The van der Waals surface area contributed by atoms with Gasteiger partial charge in [0, 0.05) is 21.4 Å². The monoisotopic (exact) mass is 324 g/mol. The van der Waals surface area contributed by atoms with Crippen LogP contribution >= 0.6 is 22.9 Å². The molecule has 1 aromatic carbocycles. The summed E-state index contributed by atoms with van der Waals surface area (Å²) in [5.74, 6) is 1.13. The Balaban J connectivity index is 1.98. The number of benzene rings is 1. The van der Waals surface area contributed by atoms with Gasteiger partial charge in [-0.15, -0.1) is 11.3 Å². The second-order valence-electron chi connectivity index (χ2n) is 5.08. The van der Waals surface area contributed by atoms with Crippen LogP contribution in [-0.4, -0.2) is 19.3 Å². The van der Waals surface area contributed by atoms with Crippen LogP contribution in [0.3, 0.4) is 0 Å². The van der Waals surface area contributed by atoms with E-state index in [1.807, 2.05) is 0 Å². The predicted molar refractivity (Wildman–Crippen MR) is 85.0 cm³/mol. The topological polar surface area (TPSA) is 38.7 Å². The van der Waals surface area contributed by atoms with Gasteiger partial charge in [0.25, 0.3) is 0 Å². The summed E-state index contributed by atoms with van der Waals surface area (Å²) in [4.78, 5) is 2.33. The summed E-state index contributed by atoms with van der Waals surface area (Å²) >= 11 is 7.96. The highest BCUT2D eigenvalue weighted by Gasteiger charge is 2.23. The summed E-state index contributed by atoms with van der Waals surface area (Å²) in [6, 6.07) is 5.53. The molecule has 3 nitrogen and oxygen atoms in total. The van der Waals surface area contributed by atoms with E-state index in [-0.39, 0.29) is 0 Å². The van der Waals surface area contributed by atoms with Crippen molar-refractivity contribution >= 4 is 22.9 Å². The lowest BCUT2D eigenvalue weighted by Crippen LogP contribution is -2.00. The molecule has 0 bridgehead atoms. The van der Waals surface area contributed by atoms with E-state index in [4.69, 9.17) is 21.1 Å². The van der Waals surface area contributed by atoms with Crippen molar-refractivity contribution in [2.24, 2.45) is 0 Å². The number of aliphatic hydroxyl groups excluding tert-OH is 1. The second kappa shape index (κ2) is 5.87. The van der Waals surface area contributed by atoms with E-state index in [1.165, 1.54) is 16.9 Å². The first kappa shape index (κ1) is 14.7. The van der Waals surface area contributed by atoms with Gasteiger partial charge in [-0.05, 0) is 37.0 Å². The Labute approximate surface area is 133 Å². The number of fused-ring (bicyclic) bond motifs is 1. The fourth-order valence-electron chi connectivity index (χ4n) is 2.72. The van der Waals surface area contributed by atoms with Gasteiger partial charge in [0.15, 0.2) is 11.5 Å². The number of hydrogen-bond donors (Lipinski definition) is 1. The van der Waals surface area contributed by atoms with Gasteiger partial charge in [0.05, 0.1) is 19.2 Å². The highest BCUT2D eigenvalue weighted by atomic mass is 35.5. The standard InChI is InChI=1S/C16H17ClO3S/c1-19-12-7-10(11(17)8-13(12)20-2)16(18)15-6-9-4-3-5-14(9)21-15/h6-8,16,18H,3-5H2,1-2H3. The van der Waals surface area contributed by atoms with E-state index in [9.17, 15) is 5.11 Å². The molecule has 1 heterocycles. The maximum absolute atomic E-state index is 10.6. The number of halogens is 1.